The Morgan fingerprint density at radius 2 is 1.77 bits per heavy atom. The highest BCUT2D eigenvalue weighted by molar-refractivity contribution is 7.88. The van der Waals surface area contributed by atoms with Crippen molar-refractivity contribution in [3.8, 4) is 5.75 Å². The Balaban J connectivity index is 0.000000745. The Kier molecular flexibility index (Phi) is 5.55. The Morgan fingerprint density at radius 1 is 1.18 bits per heavy atom. The minimum absolute atomic E-state index is 0.214. The topological polar surface area (TPSA) is 85.5 Å². The van der Waals surface area contributed by atoms with Gasteiger partial charge in [-0.2, -0.15) is 21.6 Å². The molecule has 10 heteroatoms. The third-order valence-electron chi connectivity index (χ3n) is 2.23. The molecule has 6 nitrogen and oxygen atoms in total. The lowest BCUT2D eigenvalue weighted by Gasteiger charge is -2.09. The van der Waals surface area contributed by atoms with Crippen LogP contribution in [-0.2, 0) is 14.9 Å². The van der Waals surface area contributed by atoms with Gasteiger partial charge in [0.25, 0.3) is 0 Å². The molecule has 0 unspecified atom stereocenters. The summed E-state index contributed by atoms with van der Waals surface area (Å²) in [4.78, 5) is 13.2. The highest BCUT2D eigenvalue weighted by atomic mass is 32.2. The molecule has 22 heavy (non-hydrogen) atoms. The molecule has 2 aromatic rings. The summed E-state index contributed by atoms with van der Waals surface area (Å²) >= 11 is 0. The number of aldehydes is 1. The molecule has 0 fully saturated rings. The third-order valence-corrected chi connectivity index (χ3v) is 3.21. The first-order valence-electron chi connectivity index (χ1n) is 5.63. The van der Waals surface area contributed by atoms with Crippen molar-refractivity contribution in [3.63, 3.8) is 0 Å². The van der Waals surface area contributed by atoms with E-state index in [4.69, 9.17) is 0 Å². The number of benzene rings is 1. The Morgan fingerprint density at radius 3 is 2.27 bits per heavy atom. The molecule has 1 aromatic carbocycles. The number of fused-ring (bicyclic) bond motifs is 1. The molecule has 1 aromatic heterocycles. The number of halogens is 3. The van der Waals surface area contributed by atoms with Gasteiger partial charge in [0.05, 0.1) is 5.69 Å². The van der Waals surface area contributed by atoms with E-state index < -0.39 is 21.4 Å². The number of aromatic amines is 1. The van der Waals surface area contributed by atoms with Crippen molar-refractivity contribution in [2.24, 2.45) is 0 Å². The summed E-state index contributed by atoms with van der Waals surface area (Å²) in [6.07, 6.45) is 0.521. The van der Waals surface area contributed by atoms with E-state index in [1.54, 1.807) is 14.2 Å². The standard InChI is InChI=1S/C10H6F3NO4S.C2H6O/c11-10(12,13)19(16,17)18-8-1-2-9-6(4-8)3-7(5-15)14-9;1-3-2/h1-5,14H;1-2H3. The number of nitrogens with one attached hydrogen (secondary N) is 1. The molecule has 0 amide bonds. The summed E-state index contributed by atoms with van der Waals surface area (Å²) < 4.78 is 66.2. The fraction of sp³-hybridized carbons (Fsp3) is 0.250. The zero-order valence-electron chi connectivity index (χ0n) is 11.5. The quantitative estimate of drug-likeness (QED) is 0.527. The largest absolute Gasteiger partial charge is 0.534 e. The van der Waals surface area contributed by atoms with Gasteiger partial charge in [0.15, 0.2) is 6.29 Å². The van der Waals surface area contributed by atoms with Gasteiger partial charge >= 0.3 is 15.6 Å². The molecule has 0 radical (unpaired) electrons. The van der Waals surface area contributed by atoms with Gasteiger partial charge in [0, 0.05) is 25.1 Å². The Bertz CT molecular complexity index is 752. The van der Waals surface area contributed by atoms with Gasteiger partial charge in [0.1, 0.15) is 5.75 Å². The van der Waals surface area contributed by atoms with Crippen LogP contribution in [0.1, 0.15) is 10.5 Å². The number of H-pyrrole nitrogens is 1. The van der Waals surface area contributed by atoms with Crippen molar-refractivity contribution < 1.29 is 35.3 Å². The van der Waals surface area contributed by atoms with Gasteiger partial charge in [-0.1, -0.05) is 0 Å². The van der Waals surface area contributed by atoms with Gasteiger partial charge in [-0.25, -0.2) is 0 Å². The smallest absolute Gasteiger partial charge is 0.388 e. The highest BCUT2D eigenvalue weighted by Gasteiger charge is 2.48. The molecule has 2 rings (SSSR count). The molecule has 0 saturated carbocycles. The monoisotopic (exact) mass is 339 g/mol. The molecule has 0 aliphatic rings. The Labute approximate surface area is 124 Å². The first-order valence-corrected chi connectivity index (χ1v) is 7.04. The van der Waals surface area contributed by atoms with E-state index in [1.165, 1.54) is 12.1 Å². The van der Waals surface area contributed by atoms with Crippen LogP contribution in [0.2, 0.25) is 0 Å². The van der Waals surface area contributed by atoms with E-state index >= 15 is 0 Å². The zero-order valence-corrected chi connectivity index (χ0v) is 12.3. The lowest BCUT2D eigenvalue weighted by atomic mass is 10.2. The van der Waals surface area contributed by atoms with E-state index in [2.05, 4.69) is 13.9 Å². The minimum Gasteiger partial charge on any atom is -0.388 e. The molecular formula is C12H12F3NO5S. The minimum atomic E-state index is -5.70. The number of rotatable bonds is 3. The van der Waals surface area contributed by atoms with Crippen LogP contribution in [0.15, 0.2) is 24.3 Å². The van der Waals surface area contributed by atoms with Crippen molar-refractivity contribution in [2.75, 3.05) is 14.2 Å². The average Bonchev–Trinajstić information content (AvgIpc) is 2.80. The van der Waals surface area contributed by atoms with Crippen LogP contribution in [0.4, 0.5) is 13.2 Å². The number of ether oxygens (including phenoxy) is 1. The molecule has 0 bridgehead atoms. The summed E-state index contributed by atoms with van der Waals surface area (Å²) in [5.41, 5.74) is -4.81. The molecular weight excluding hydrogens is 327 g/mol. The number of carbonyl (C=O) groups excluding carboxylic acids is 1. The molecule has 0 aliphatic carbocycles. The van der Waals surface area contributed by atoms with Crippen LogP contribution in [0.25, 0.3) is 10.9 Å². The Hall–Kier alpha value is -2.07. The maximum atomic E-state index is 12.1. The van der Waals surface area contributed by atoms with E-state index in [0.29, 0.717) is 17.2 Å². The number of hydrogen-bond acceptors (Lipinski definition) is 5. The second kappa shape index (κ2) is 6.79. The zero-order chi connectivity index (χ0) is 17.0. The van der Waals surface area contributed by atoms with E-state index in [9.17, 15) is 26.4 Å². The third kappa shape index (κ3) is 4.21. The first kappa shape index (κ1) is 18.0. The molecule has 122 valence electrons. The maximum Gasteiger partial charge on any atom is 0.534 e. The maximum absolute atomic E-state index is 12.1. The molecule has 0 saturated heterocycles. The van der Waals surface area contributed by atoms with Gasteiger partial charge in [-0.15, -0.1) is 0 Å². The van der Waals surface area contributed by atoms with Crippen LogP contribution in [-0.4, -0.2) is 39.4 Å². The van der Waals surface area contributed by atoms with Crippen LogP contribution >= 0.6 is 0 Å². The SMILES string of the molecule is COC.O=Cc1cc2cc(OS(=O)(=O)C(F)(F)F)ccc2[nH]1. The lowest BCUT2D eigenvalue weighted by molar-refractivity contribution is -0.0500. The summed E-state index contributed by atoms with van der Waals surface area (Å²) in [6.45, 7) is 0. The average molecular weight is 339 g/mol. The summed E-state index contributed by atoms with van der Waals surface area (Å²) in [5.74, 6) is -0.485. The van der Waals surface area contributed by atoms with Crippen molar-refractivity contribution in [1.82, 2.24) is 4.98 Å². The van der Waals surface area contributed by atoms with Crippen LogP contribution in [0, 0.1) is 0 Å². The number of hydrogen-bond donors (Lipinski definition) is 1. The molecule has 0 aliphatic heterocycles. The van der Waals surface area contributed by atoms with Crippen molar-refractivity contribution in [3.05, 3.63) is 30.0 Å². The number of methoxy groups -OCH3 is 1. The van der Waals surface area contributed by atoms with Crippen molar-refractivity contribution in [2.45, 2.75) is 5.51 Å². The predicted octanol–water partition coefficient (Wildman–Crippen LogP) is 2.47. The van der Waals surface area contributed by atoms with Crippen LogP contribution in [0.5, 0.6) is 5.75 Å². The summed E-state index contributed by atoms with van der Waals surface area (Å²) in [6, 6.07) is 4.80. The van der Waals surface area contributed by atoms with Gasteiger partial charge < -0.3 is 13.9 Å². The second-order valence-corrected chi connectivity index (χ2v) is 5.52. The normalized spacial score (nSPS) is 11.7. The predicted molar refractivity (Wildman–Crippen MR) is 72.2 cm³/mol. The van der Waals surface area contributed by atoms with Crippen LogP contribution < -0.4 is 4.18 Å². The van der Waals surface area contributed by atoms with E-state index in [-0.39, 0.29) is 5.69 Å². The molecule has 0 atom stereocenters. The fourth-order valence-corrected chi connectivity index (χ4v) is 1.87. The van der Waals surface area contributed by atoms with E-state index in [0.717, 1.165) is 12.1 Å². The molecule has 1 heterocycles. The fourth-order valence-electron chi connectivity index (χ4n) is 1.42. The first-order chi connectivity index (χ1) is 10.1. The molecule has 0 spiro atoms. The number of alkyl halides is 3. The van der Waals surface area contributed by atoms with Gasteiger partial charge in [-0.3, -0.25) is 4.79 Å². The lowest BCUT2D eigenvalue weighted by Crippen LogP contribution is -2.28. The number of carbonyl (C=O) groups is 1. The van der Waals surface area contributed by atoms with E-state index in [1.807, 2.05) is 0 Å². The summed E-state index contributed by atoms with van der Waals surface area (Å²) in [7, 11) is -2.45. The molecule has 1 N–H and O–H groups in total. The van der Waals surface area contributed by atoms with Gasteiger partial charge in [0.2, 0.25) is 0 Å². The number of aromatic nitrogens is 1. The van der Waals surface area contributed by atoms with Crippen LogP contribution in [0.3, 0.4) is 0 Å². The van der Waals surface area contributed by atoms with Gasteiger partial charge in [-0.05, 0) is 24.3 Å². The highest BCUT2D eigenvalue weighted by Crippen LogP contribution is 2.28. The summed E-state index contributed by atoms with van der Waals surface area (Å²) in [5, 5.41) is 0.358. The van der Waals surface area contributed by atoms with Crippen molar-refractivity contribution in [1.29, 1.82) is 0 Å². The second-order valence-electron chi connectivity index (χ2n) is 3.98. The van der Waals surface area contributed by atoms with Crippen molar-refractivity contribution >= 4 is 27.3 Å².